The molecule has 0 unspecified atom stereocenters. The first-order chi connectivity index (χ1) is 10.7. The van der Waals surface area contributed by atoms with Crippen LogP contribution in [0.1, 0.15) is 29.7 Å². The lowest BCUT2D eigenvalue weighted by Gasteiger charge is -2.16. The van der Waals surface area contributed by atoms with Crippen molar-refractivity contribution in [1.29, 1.82) is 0 Å². The average molecular weight is 335 g/mol. The van der Waals surface area contributed by atoms with Crippen LogP contribution in [0.2, 0.25) is 0 Å². The van der Waals surface area contributed by atoms with Crippen molar-refractivity contribution < 1.29 is 13.3 Å². The van der Waals surface area contributed by atoms with Crippen LogP contribution >= 0.6 is 0 Å². The van der Waals surface area contributed by atoms with E-state index in [-0.39, 0.29) is 10.6 Å². The molecule has 1 atom stereocenters. The highest BCUT2D eigenvalue weighted by molar-refractivity contribution is 7.89. The van der Waals surface area contributed by atoms with Crippen LogP contribution in [0.25, 0.3) is 0 Å². The molecule has 1 aromatic carbocycles. The van der Waals surface area contributed by atoms with Crippen LogP contribution < -0.4 is 4.72 Å². The second-order valence-corrected chi connectivity index (χ2v) is 6.95. The molecule has 2 rings (SSSR count). The van der Waals surface area contributed by atoms with Gasteiger partial charge >= 0.3 is 0 Å². The molecule has 122 valence electrons. The number of hydrogen-bond donors (Lipinski definition) is 1. The third-order valence-corrected chi connectivity index (χ3v) is 5.31. The van der Waals surface area contributed by atoms with E-state index in [0.29, 0.717) is 11.1 Å². The summed E-state index contributed by atoms with van der Waals surface area (Å²) in [7, 11) is -3.89. The number of hydrogen-bond acceptors (Lipinski definition) is 5. The molecule has 0 aliphatic rings. The lowest BCUT2D eigenvalue weighted by molar-refractivity contribution is -0.385. The summed E-state index contributed by atoms with van der Waals surface area (Å²) in [6.45, 7) is 4.98. The summed E-state index contributed by atoms with van der Waals surface area (Å²) in [5.74, 6) is 0. The van der Waals surface area contributed by atoms with E-state index in [1.807, 2.05) is 0 Å². The lowest BCUT2D eigenvalue weighted by Crippen LogP contribution is -2.27. The van der Waals surface area contributed by atoms with Crippen molar-refractivity contribution in [3.8, 4) is 0 Å². The Hall–Kier alpha value is -2.32. The monoisotopic (exact) mass is 335 g/mol. The fourth-order valence-corrected chi connectivity index (χ4v) is 3.78. The van der Waals surface area contributed by atoms with Gasteiger partial charge in [-0.3, -0.25) is 15.1 Å². The van der Waals surface area contributed by atoms with Crippen molar-refractivity contribution in [3.05, 3.63) is 63.5 Å². The third kappa shape index (κ3) is 3.72. The number of benzene rings is 1. The lowest BCUT2D eigenvalue weighted by atomic mass is 10.1. The van der Waals surface area contributed by atoms with Gasteiger partial charge in [-0.1, -0.05) is 0 Å². The Morgan fingerprint density at radius 3 is 2.39 bits per heavy atom. The first kappa shape index (κ1) is 17.0. The highest BCUT2D eigenvalue weighted by Crippen LogP contribution is 2.26. The standard InChI is InChI=1S/C15H17N3O4S/c1-10-8-14(18(19)20)9-15(11(10)2)23(21,22)17-12(3)13-4-6-16-7-5-13/h4-9,12,17H,1-3H3/t12-/m1/s1. The number of nitrogens with one attached hydrogen (secondary N) is 1. The zero-order chi connectivity index (χ0) is 17.2. The second-order valence-electron chi connectivity index (χ2n) is 5.27. The van der Waals surface area contributed by atoms with E-state index in [1.165, 1.54) is 6.07 Å². The van der Waals surface area contributed by atoms with Crippen LogP contribution in [0.4, 0.5) is 5.69 Å². The Bertz CT molecular complexity index is 835. The van der Waals surface area contributed by atoms with E-state index in [0.717, 1.165) is 11.6 Å². The summed E-state index contributed by atoms with van der Waals surface area (Å²) < 4.78 is 27.8. The first-order valence-electron chi connectivity index (χ1n) is 6.90. The number of sulfonamides is 1. The maximum atomic E-state index is 12.6. The zero-order valence-corrected chi connectivity index (χ0v) is 13.8. The number of aryl methyl sites for hydroxylation is 1. The molecule has 1 N–H and O–H groups in total. The number of aromatic nitrogens is 1. The summed E-state index contributed by atoms with van der Waals surface area (Å²) in [6.07, 6.45) is 3.14. The minimum atomic E-state index is -3.89. The zero-order valence-electron chi connectivity index (χ0n) is 13.0. The Kier molecular flexibility index (Phi) is 4.76. The van der Waals surface area contributed by atoms with Gasteiger partial charge in [-0.25, -0.2) is 13.1 Å². The van der Waals surface area contributed by atoms with Gasteiger partial charge in [-0.2, -0.15) is 0 Å². The van der Waals surface area contributed by atoms with Gasteiger partial charge in [-0.05, 0) is 49.6 Å². The molecule has 1 heterocycles. The minimum absolute atomic E-state index is 0.0786. The second kappa shape index (κ2) is 6.43. The van der Waals surface area contributed by atoms with Crippen molar-refractivity contribution in [2.24, 2.45) is 0 Å². The third-order valence-electron chi connectivity index (χ3n) is 3.64. The van der Waals surface area contributed by atoms with Gasteiger partial charge in [0.25, 0.3) is 5.69 Å². The topological polar surface area (TPSA) is 102 Å². The van der Waals surface area contributed by atoms with E-state index in [2.05, 4.69) is 9.71 Å². The quantitative estimate of drug-likeness (QED) is 0.668. The summed E-state index contributed by atoms with van der Waals surface area (Å²) in [5, 5.41) is 11.0. The number of nitro benzene ring substituents is 1. The van der Waals surface area contributed by atoms with Gasteiger partial charge < -0.3 is 0 Å². The van der Waals surface area contributed by atoms with Gasteiger partial charge in [0.2, 0.25) is 10.0 Å². The number of nitrogens with zero attached hydrogens (tertiary/aromatic N) is 2. The molecule has 8 heteroatoms. The van der Waals surface area contributed by atoms with E-state index in [9.17, 15) is 18.5 Å². The van der Waals surface area contributed by atoms with Crippen molar-refractivity contribution in [1.82, 2.24) is 9.71 Å². The number of non-ortho nitro benzene ring substituents is 1. The largest absolute Gasteiger partial charge is 0.271 e. The molecule has 0 bridgehead atoms. The minimum Gasteiger partial charge on any atom is -0.265 e. The summed E-state index contributed by atoms with van der Waals surface area (Å²) in [5.41, 5.74) is 1.55. The predicted molar refractivity (Wildman–Crippen MR) is 85.5 cm³/mol. The van der Waals surface area contributed by atoms with E-state index in [1.54, 1.807) is 45.3 Å². The smallest absolute Gasteiger partial charge is 0.265 e. The molecule has 0 amide bonds. The fourth-order valence-electron chi connectivity index (χ4n) is 2.21. The molecule has 0 fully saturated rings. The molecule has 0 radical (unpaired) electrons. The highest BCUT2D eigenvalue weighted by atomic mass is 32.2. The molecule has 23 heavy (non-hydrogen) atoms. The Labute approximate surface area is 134 Å². The molecule has 7 nitrogen and oxygen atoms in total. The van der Waals surface area contributed by atoms with Crippen LogP contribution in [0, 0.1) is 24.0 Å². The SMILES string of the molecule is Cc1cc([N+](=O)[O-])cc(S(=O)(=O)N[C@H](C)c2ccncc2)c1C. The molecular weight excluding hydrogens is 318 g/mol. The van der Waals surface area contributed by atoms with Crippen molar-refractivity contribution in [3.63, 3.8) is 0 Å². The van der Waals surface area contributed by atoms with Crippen LogP contribution in [-0.2, 0) is 10.0 Å². The van der Waals surface area contributed by atoms with Crippen molar-refractivity contribution in [2.75, 3.05) is 0 Å². The fraction of sp³-hybridized carbons (Fsp3) is 0.267. The van der Waals surface area contributed by atoms with Gasteiger partial charge in [0.05, 0.1) is 9.82 Å². The first-order valence-corrected chi connectivity index (χ1v) is 8.38. The number of nitro groups is 1. The van der Waals surface area contributed by atoms with E-state index >= 15 is 0 Å². The Morgan fingerprint density at radius 2 is 1.83 bits per heavy atom. The van der Waals surface area contributed by atoms with Crippen molar-refractivity contribution >= 4 is 15.7 Å². The Morgan fingerprint density at radius 1 is 1.22 bits per heavy atom. The summed E-state index contributed by atoms with van der Waals surface area (Å²) >= 11 is 0. The molecule has 0 saturated heterocycles. The van der Waals surface area contributed by atoms with Gasteiger partial charge in [0, 0.05) is 30.6 Å². The van der Waals surface area contributed by atoms with Crippen molar-refractivity contribution in [2.45, 2.75) is 31.7 Å². The summed E-state index contributed by atoms with van der Waals surface area (Å²) in [6, 6.07) is 5.38. The molecule has 2 aromatic rings. The van der Waals surface area contributed by atoms with Crippen LogP contribution in [0.3, 0.4) is 0 Å². The molecule has 0 saturated carbocycles. The normalized spacial score (nSPS) is 12.8. The van der Waals surface area contributed by atoms with Gasteiger partial charge in [-0.15, -0.1) is 0 Å². The van der Waals surface area contributed by atoms with E-state index in [4.69, 9.17) is 0 Å². The maximum absolute atomic E-state index is 12.6. The summed E-state index contributed by atoms with van der Waals surface area (Å²) in [4.78, 5) is 14.2. The molecule has 0 aliphatic carbocycles. The molecule has 0 aliphatic heterocycles. The maximum Gasteiger partial charge on any atom is 0.271 e. The number of rotatable bonds is 5. The van der Waals surface area contributed by atoms with Crippen LogP contribution in [0.15, 0.2) is 41.6 Å². The number of pyridine rings is 1. The highest BCUT2D eigenvalue weighted by Gasteiger charge is 2.24. The molecule has 1 aromatic heterocycles. The molecule has 0 spiro atoms. The molecular formula is C15H17N3O4S. The Balaban J connectivity index is 2.42. The van der Waals surface area contributed by atoms with E-state index < -0.39 is 21.0 Å². The average Bonchev–Trinajstić information content (AvgIpc) is 2.49. The van der Waals surface area contributed by atoms with Gasteiger partial charge in [0.1, 0.15) is 0 Å². The predicted octanol–water partition coefficient (Wildman–Crippen LogP) is 2.65. The van der Waals surface area contributed by atoms with Crippen LogP contribution in [-0.4, -0.2) is 18.3 Å². The van der Waals surface area contributed by atoms with Gasteiger partial charge in [0.15, 0.2) is 0 Å². The van der Waals surface area contributed by atoms with Crippen LogP contribution in [0.5, 0.6) is 0 Å².